The standard InChI is InChI=1S/C6H8O/c1-5-4-6(5)2-3-7/h3,6H,1-2,4H2/t6-/m0/s1. The predicted octanol–water partition coefficient (Wildman–Crippen LogP) is 1.15. The molecule has 0 aromatic carbocycles. The van der Waals surface area contributed by atoms with Crippen LogP contribution >= 0.6 is 0 Å². The maximum atomic E-state index is 9.76. The molecule has 0 spiro atoms. The summed E-state index contributed by atoms with van der Waals surface area (Å²) in [6, 6.07) is 0. The van der Waals surface area contributed by atoms with E-state index in [0.29, 0.717) is 12.3 Å². The van der Waals surface area contributed by atoms with Gasteiger partial charge in [0.25, 0.3) is 0 Å². The molecule has 1 fully saturated rings. The molecule has 0 aliphatic heterocycles. The van der Waals surface area contributed by atoms with Gasteiger partial charge in [-0.05, 0) is 12.3 Å². The predicted molar refractivity (Wildman–Crippen MR) is 27.9 cm³/mol. The first-order valence-corrected chi connectivity index (χ1v) is 2.46. The van der Waals surface area contributed by atoms with E-state index in [2.05, 4.69) is 6.58 Å². The summed E-state index contributed by atoms with van der Waals surface area (Å²) in [5.41, 5.74) is 1.24. The fourth-order valence-electron chi connectivity index (χ4n) is 0.624. The van der Waals surface area contributed by atoms with Crippen molar-refractivity contribution < 1.29 is 4.79 Å². The second-order valence-corrected chi connectivity index (χ2v) is 1.96. The van der Waals surface area contributed by atoms with Crippen molar-refractivity contribution in [2.24, 2.45) is 5.92 Å². The summed E-state index contributed by atoms with van der Waals surface area (Å²) < 4.78 is 0. The second-order valence-electron chi connectivity index (χ2n) is 1.96. The topological polar surface area (TPSA) is 17.1 Å². The molecule has 38 valence electrons. The van der Waals surface area contributed by atoms with Crippen LogP contribution in [0.15, 0.2) is 12.2 Å². The second kappa shape index (κ2) is 1.49. The van der Waals surface area contributed by atoms with Crippen LogP contribution < -0.4 is 0 Å². The lowest BCUT2D eigenvalue weighted by molar-refractivity contribution is -0.108. The molecule has 0 aromatic heterocycles. The van der Waals surface area contributed by atoms with E-state index in [1.54, 1.807) is 0 Å². The third kappa shape index (κ3) is 0.889. The van der Waals surface area contributed by atoms with E-state index in [-0.39, 0.29) is 0 Å². The van der Waals surface area contributed by atoms with E-state index in [1.807, 2.05) is 0 Å². The fourth-order valence-corrected chi connectivity index (χ4v) is 0.624. The van der Waals surface area contributed by atoms with Gasteiger partial charge in [-0.2, -0.15) is 0 Å². The van der Waals surface area contributed by atoms with Gasteiger partial charge >= 0.3 is 0 Å². The molecule has 7 heavy (non-hydrogen) atoms. The largest absolute Gasteiger partial charge is 0.303 e. The molecule has 1 saturated carbocycles. The highest BCUT2D eigenvalue weighted by Crippen LogP contribution is 2.37. The monoisotopic (exact) mass is 96.1 g/mol. The molecule has 1 aliphatic rings. The number of carbonyl (C=O) groups is 1. The molecule has 0 heterocycles. The first-order chi connectivity index (χ1) is 3.34. The molecular weight excluding hydrogens is 88.1 g/mol. The van der Waals surface area contributed by atoms with Crippen LogP contribution in [0.5, 0.6) is 0 Å². The summed E-state index contributed by atoms with van der Waals surface area (Å²) in [5, 5.41) is 0. The Balaban J connectivity index is 2.20. The molecule has 0 bridgehead atoms. The van der Waals surface area contributed by atoms with E-state index < -0.39 is 0 Å². The molecule has 0 saturated heterocycles. The molecule has 1 atom stereocenters. The lowest BCUT2D eigenvalue weighted by Crippen LogP contribution is -1.73. The number of carbonyl (C=O) groups excluding carboxylic acids is 1. The van der Waals surface area contributed by atoms with Crippen LogP contribution in [-0.4, -0.2) is 6.29 Å². The summed E-state index contributed by atoms with van der Waals surface area (Å²) in [6.07, 6.45) is 2.74. The molecule has 1 heteroatoms. The molecule has 1 nitrogen and oxygen atoms in total. The van der Waals surface area contributed by atoms with E-state index in [9.17, 15) is 4.79 Å². The summed E-state index contributed by atoms with van der Waals surface area (Å²) in [6.45, 7) is 3.71. The van der Waals surface area contributed by atoms with Crippen molar-refractivity contribution in [1.82, 2.24) is 0 Å². The number of hydrogen-bond acceptors (Lipinski definition) is 1. The van der Waals surface area contributed by atoms with Crippen LogP contribution in [-0.2, 0) is 4.79 Å². The highest BCUT2D eigenvalue weighted by atomic mass is 16.1. The Bertz CT molecular complexity index is 105. The SMILES string of the molecule is C=C1C[C@@H]1CC=O. The number of rotatable bonds is 2. The van der Waals surface area contributed by atoms with Crippen LogP contribution in [0.25, 0.3) is 0 Å². The Kier molecular flexibility index (Phi) is 0.970. The highest BCUT2D eigenvalue weighted by molar-refractivity contribution is 5.52. The van der Waals surface area contributed by atoms with Gasteiger partial charge in [0, 0.05) is 6.42 Å². The maximum Gasteiger partial charge on any atom is 0.120 e. The summed E-state index contributed by atoms with van der Waals surface area (Å²) >= 11 is 0. The Hall–Kier alpha value is -0.590. The lowest BCUT2D eigenvalue weighted by Gasteiger charge is -1.74. The Morgan fingerprint density at radius 1 is 2.00 bits per heavy atom. The Labute approximate surface area is 43.0 Å². The van der Waals surface area contributed by atoms with Crippen molar-refractivity contribution >= 4 is 6.29 Å². The van der Waals surface area contributed by atoms with Crippen molar-refractivity contribution in [1.29, 1.82) is 0 Å². The number of aldehydes is 1. The van der Waals surface area contributed by atoms with Crippen molar-refractivity contribution in [2.75, 3.05) is 0 Å². The summed E-state index contributed by atoms with van der Waals surface area (Å²) in [5.74, 6) is 0.553. The van der Waals surface area contributed by atoms with E-state index in [1.165, 1.54) is 5.57 Å². The van der Waals surface area contributed by atoms with Gasteiger partial charge < -0.3 is 4.79 Å². The minimum absolute atomic E-state index is 0.553. The van der Waals surface area contributed by atoms with Crippen LogP contribution in [0.2, 0.25) is 0 Å². The molecule has 0 amide bonds. The average molecular weight is 96.1 g/mol. The Morgan fingerprint density at radius 3 is 2.71 bits per heavy atom. The highest BCUT2D eigenvalue weighted by Gasteiger charge is 2.25. The lowest BCUT2D eigenvalue weighted by atomic mass is 10.3. The molecule has 0 radical (unpaired) electrons. The Morgan fingerprint density at radius 2 is 2.57 bits per heavy atom. The van der Waals surface area contributed by atoms with Gasteiger partial charge in [0.2, 0.25) is 0 Å². The van der Waals surface area contributed by atoms with Crippen molar-refractivity contribution in [3.05, 3.63) is 12.2 Å². The van der Waals surface area contributed by atoms with Crippen molar-refractivity contribution in [3.8, 4) is 0 Å². The third-order valence-corrected chi connectivity index (χ3v) is 1.31. The number of allylic oxidation sites excluding steroid dienone is 1. The zero-order chi connectivity index (χ0) is 5.28. The van der Waals surface area contributed by atoms with Gasteiger partial charge in [0.1, 0.15) is 6.29 Å². The van der Waals surface area contributed by atoms with Gasteiger partial charge in [0.15, 0.2) is 0 Å². The van der Waals surface area contributed by atoms with Crippen LogP contribution in [0.4, 0.5) is 0 Å². The van der Waals surface area contributed by atoms with Crippen LogP contribution in [0.1, 0.15) is 12.8 Å². The average Bonchev–Trinajstić information content (AvgIpc) is 2.22. The van der Waals surface area contributed by atoms with Gasteiger partial charge in [-0.25, -0.2) is 0 Å². The minimum Gasteiger partial charge on any atom is -0.303 e. The molecule has 1 rings (SSSR count). The molecule has 0 N–H and O–H groups in total. The third-order valence-electron chi connectivity index (χ3n) is 1.31. The smallest absolute Gasteiger partial charge is 0.120 e. The number of hydrogen-bond donors (Lipinski definition) is 0. The fraction of sp³-hybridized carbons (Fsp3) is 0.500. The molecule has 1 aliphatic carbocycles. The molecule has 0 aromatic rings. The van der Waals surface area contributed by atoms with Gasteiger partial charge in [-0.3, -0.25) is 0 Å². The quantitative estimate of drug-likeness (QED) is 0.372. The molecular formula is C6H8O. The van der Waals surface area contributed by atoms with Crippen molar-refractivity contribution in [2.45, 2.75) is 12.8 Å². The first-order valence-electron chi connectivity index (χ1n) is 2.46. The van der Waals surface area contributed by atoms with Gasteiger partial charge in [0.05, 0.1) is 0 Å². The van der Waals surface area contributed by atoms with Crippen LogP contribution in [0, 0.1) is 5.92 Å². The maximum absolute atomic E-state index is 9.76. The zero-order valence-corrected chi connectivity index (χ0v) is 4.18. The summed E-state index contributed by atoms with van der Waals surface area (Å²) in [4.78, 5) is 9.76. The zero-order valence-electron chi connectivity index (χ0n) is 4.18. The van der Waals surface area contributed by atoms with E-state index >= 15 is 0 Å². The van der Waals surface area contributed by atoms with Gasteiger partial charge in [-0.15, -0.1) is 0 Å². The minimum atomic E-state index is 0.553. The summed E-state index contributed by atoms with van der Waals surface area (Å²) in [7, 11) is 0. The van der Waals surface area contributed by atoms with Crippen LogP contribution in [0.3, 0.4) is 0 Å². The first kappa shape index (κ1) is 4.57. The molecule has 0 unspecified atom stereocenters. The normalized spacial score (nSPS) is 27.4. The van der Waals surface area contributed by atoms with E-state index in [0.717, 1.165) is 12.7 Å². The van der Waals surface area contributed by atoms with Crippen molar-refractivity contribution in [3.63, 3.8) is 0 Å². The van der Waals surface area contributed by atoms with E-state index in [4.69, 9.17) is 0 Å². The van der Waals surface area contributed by atoms with Gasteiger partial charge in [-0.1, -0.05) is 12.2 Å².